The van der Waals surface area contributed by atoms with Crippen LogP contribution in [-0.4, -0.2) is 29.3 Å². The Kier molecular flexibility index (Phi) is 9.12. The van der Waals surface area contributed by atoms with Crippen molar-refractivity contribution in [1.82, 2.24) is 10.2 Å². The Morgan fingerprint density at radius 1 is 0.968 bits per heavy atom. The van der Waals surface area contributed by atoms with Crippen molar-refractivity contribution in [1.29, 1.82) is 0 Å². The van der Waals surface area contributed by atoms with E-state index in [2.05, 4.69) is 50.4 Å². The fourth-order valence-corrected chi connectivity index (χ4v) is 3.69. The third-order valence-electron chi connectivity index (χ3n) is 5.45. The molecule has 1 atom stereocenters. The maximum absolute atomic E-state index is 13.2. The van der Waals surface area contributed by atoms with E-state index in [4.69, 9.17) is 11.6 Å². The molecule has 2 aromatic rings. The molecule has 5 heteroatoms. The summed E-state index contributed by atoms with van der Waals surface area (Å²) in [6.07, 6.45) is 1.57. The van der Waals surface area contributed by atoms with Crippen LogP contribution in [0.25, 0.3) is 0 Å². The van der Waals surface area contributed by atoms with E-state index in [0.717, 1.165) is 11.1 Å². The Morgan fingerprint density at radius 3 is 2.06 bits per heavy atom. The Balaban J connectivity index is 2.16. The second kappa shape index (κ2) is 11.3. The van der Waals surface area contributed by atoms with Crippen LogP contribution in [0.3, 0.4) is 0 Å². The van der Waals surface area contributed by atoms with Crippen molar-refractivity contribution < 1.29 is 9.59 Å². The summed E-state index contributed by atoms with van der Waals surface area (Å²) in [5.41, 5.74) is 3.45. The molecule has 0 aliphatic carbocycles. The lowest BCUT2D eigenvalue weighted by atomic mass is 9.86. The Morgan fingerprint density at radius 2 is 1.55 bits per heavy atom. The van der Waals surface area contributed by atoms with Gasteiger partial charge in [-0.15, -0.1) is 0 Å². The number of rotatable bonds is 9. The standard InChI is InChI=1S/C26H35ClN2O2/c1-6-23(25(31)28-7-2)29(18-20-10-15-22(27)16-11-20)24(30)17-12-19-8-13-21(14-9-19)26(3,4)5/h8-11,13-16,23H,6-7,12,17-18H2,1-5H3,(H,28,31)/t23-/m1/s1. The summed E-state index contributed by atoms with van der Waals surface area (Å²) in [5, 5.41) is 3.52. The van der Waals surface area contributed by atoms with Gasteiger partial charge in [0.05, 0.1) is 0 Å². The van der Waals surface area contributed by atoms with Crippen molar-refractivity contribution in [3.05, 3.63) is 70.2 Å². The Bertz CT molecular complexity index is 854. The van der Waals surface area contributed by atoms with E-state index in [9.17, 15) is 9.59 Å². The fraction of sp³-hybridized carbons (Fsp3) is 0.462. The lowest BCUT2D eigenvalue weighted by molar-refractivity contribution is -0.141. The molecule has 0 aromatic heterocycles. The topological polar surface area (TPSA) is 49.4 Å². The molecule has 2 amide bonds. The molecule has 0 heterocycles. The lowest BCUT2D eigenvalue weighted by Gasteiger charge is -2.30. The minimum absolute atomic E-state index is 0.0204. The molecule has 0 saturated carbocycles. The maximum atomic E-state index is 13.2. The summed E-state index contributed by atoms with van der Waals surface area (Å²) < 4.78 is 0. The van der Waals surface area contributed by atoms with Crippen LogP contribution in [0, 0.1) is 0 Å². The van der Waals surface area contributed by atoms with E-state index < -0.39 is 6.04 Å². The van der Waals surface area contributed by atoms with Gasteiger partial charge in [-0.1, -0.05) is 75.7 Å². The number of carbonyl (C=O) groups excluding carboxylic acids is 2. The number of nitrogens with one attached hydrogen (secondary N) is 1. The van der Waals surface area contributed by atoms with Gasteiger partial charge in [0.1, 0.15) is 6.04 Å². The first kappa shape index (κ1) is 24.9. The van der Waals surface area contributed by atoms with Gasteiger partial charge in [-0.05, 0) is 54.0 Å². The Labute approximate surface area is 192 Å². The summed E-state index contributed by atoms with van der Waals surface area (Å²) in [6, 6.07) is 15.4. The van der Waals surface area contributed by atoms with Crippen LogP contribution in [-0.2, 0) is 28.0 Å². The summed E-state index contributed by atoms with van der Waals surface area (Å²) in [7, 11) is 0. The average Bonchev–Trinajstić information content (AvgIpc) is 2.73. The largest absolute Gasteiger partial charge is 0.355 e. The Hall–Kier alpha value is -2.33. The minimum Gasteiger partial charge on any atom is -0.355 e. The second-order valence-electron chi connectivity index (χ2n) is 8.91. The molecular weight excluding hydrogens is 408 g/mol. The number of amides is 2. The van der Waals surface area contributed by atoms with Crippen LogP contribution >= 0.6 is 11.6 Å². The molecule has 0 aliphatic heterocycles. The van der Waals surface area contributed by atoms with Gasteiger partial charge in [-0.2, -0.15) is 0 Å². The van der Waals surface area contributed by atoms with Crippen molar-refractivity contribution in [2.45, 2.75) is 71.9 Å². The number of aryl methyl sites for hydroxylation is 1. The highest BCUT2D eigenvalue weighted by molar-refractivity contribution is 6.30. The van der Waals surface area contributed by atoms with Gasteiger partial charge in [-0.3, -0.25) is 9.59 Å². The van der Waals surface area contributed by atoms with E-state index in [0.29, 0.717) is 37.4 Å². The molecule has 0 bridgehead atoms. The normalized spacial score (nSPS) is 12.3. The number of benzene rings is 2. The lowest BCUT2D eigenvalue weighted by Crippen LogP contribution is -2.49. The number of nitrogens with zero attached hydrogens (tertiary/aromatic N) is 1. The predicted octanol–water partition coefficient (Wildman–Crippen LogP) is 5.51. The number of hydrogen-bond acceptors (Lipinski definition) is 2. The van der Waals surface area contributed by atoms with Gasteiger partial charge < -0.3 is 10.2 Å². The van der Waals surface area contributed by atoms with Crippen molar-refractivity contribution in [2.75, 3.05) is 6.54 Å². The van der Waals surface area contributed by atoms with E-state index in [-0.39, 0.29) is 17.2 Å². The number of carbonyl (C=O) groups is 2. The summed E-state index contributed by atoms with van der Waals surface area (Å²) in [4.78, 5) is 27.6. The minimum atomic E-state index is -0.494. The van der Waals surface area contributed by atoms with Crippen LogP contribution in [0.15, 0.2) is 48.5 Å². The van der Waals surface area contributed by atoms with E-state index in [1.807, 2.05) is 38.1 Å². The molecule has 0 aliphatic rings. The van der Waals surface area contributed by atoms with Crippen LogP contribution in [0.1, 0.15) is 64.2 Å². The highest BCUT2D eigenvalue weighted by Gasteiger charge is 2.28. The van der Waals surface area contributed by atoms with Crippen molar-refractivity contribution >= 4 is 23.4 Å². The molecule has 0 saturated heterocycles. The SMILES string of the molecule is CCNC(=O)[C@@H](CC)N(Cc1ccc(Cl)cc1)C(=O)CCc1ccc(C(C)(C)C)cc1. The van der Waals surface area contributed by atoms with Gasteiger partial charge in [0.2, 0.25) is 11.8 Å². The summed E-state index contributed by atoms with van der Waals surface area (Å²) in [5.74, 6) is -0.130. The zero-order chi connectivity index (χ0) is 23.0. The van der Waals surface area contributed by atoms with Gasteiger partial charge in [0.25, 0.3) is 0 Å². The van der Waals surface area contributed by atoms with E-state index in [1.54, 1.807) is 4.90 Å². The average molecular weight is 443 g/mol. The molecule has 2 rings (SSSR count). The summed E-state index contributed by atoms with van der Waals surface area (Å²) in [6.45, 7) is 11.3. The predicted molar refractivity (Wildman–Crippen MR) is 128 cm³/mol. The molecule has 168 valence electrons. The van der Waals surface area contributed by atoms with Crippen LogP contribution < -0.4 is 5.32 Å². The van der Waals surface area contributed by atoms with E-state index >= 15 is 0 Å². The molecule has 0 radical (unpaired) electrons. The second-order valence-corrected chi connectivity index (χ2v) is 9.35. The third-order valence-corrected chi connectivity index (χ3v) is 5.70. The molecule has 31 heavy (non-hydrogen) atoms. The number of likely N-dealkylation sites (N-methyl/N-ethyl adjacent to an activating group) is 1. The van der Waals surface area contributed by atoms with Gasteiger partial charge in [0, 0.05) is 24.5 Å². The van der Waals surface area contributed by atoms with Crippen LogP contribution in [0.5, 0.6) is 0 Å². The van der Waals surface area contributed by atoms with Crippen molar-refractivity contribution in [3.8, 4) is 0 Å². The molecule has 0 unspecified atom stereocenters. The monoisotopic (exact) mass is 442 g/mol. The highest BCUT2D eigenvalue weighted by atomic mass is 35.5. The van der Waals surface area contributed by atoms with Crippen molar-refractivity contribution in [3.63, 3.8) is 0 Å². The molecular formula is C26H35ClN2O2. The van der Waals surface area contributed by atoms with Gasteiger partial charge in [-0.25, -0.2) is 0 Å². The molecule has 1 N–H and O–H groups in total. The maximum Gasteiger partial charge on any atom is 0.242 e. The van der Waals surface area contributed by atoms with E-state index in [1.165, 1.54) is 5.56 Å². The number of halogens is 1. The third kappa shape index (κ3) is 7.39. The number of hydrogen-bond donors (Lipinski definition) is 1. The van der Waals surface area contributed by atoms with Crippen LogP contribution in [0.2, 0.25) is 5.02 Å². The molecule has 4 nitrogen and oxygen atoms in total. The first-order chi connectivity index (χ1) is 14.7. The zero-order valence-corrected chi connectivity index (χ0v) is 20.1. The molecule has 0 spiro atoms. The summed E-state index contributed by atoms with van der Waals surface area (Å²) >= 11 is 6.00. The van der Waals surface area contributed by atoms with Crippen molar-refractivity contribution in [2.24, 2.45) is 0 Å². The van der Waals surface area contributed by atoms with Gasteiger partial charge >= 0.3 is 0 Å². The first-order valence-corrected chi connectivity index (χ1v) is 11.4. The zero-order valence-electron chi connectivity index (χ0n) is 19.4. The molecule has 2 aromatic carbocycles. The first-order valence-electron chi connectivity index (χ1n) is 11.1. The highest BCUT2D eigenvalue weighted by Crippen LogP contribution is 2.23. The quantitative estimate of drug-likeness (QED) is 0.556. The van der Waals surface area contributed by atoms with Gasteiger partial charge in [0.15, 0.2) is 0 Å². The van der Waals surface area contributed by atoms with Crippen LogP contribution in [0.4, 0.5) is 0 Å². The fourth-order valence-electron chi connectivity index (χ4n) is 3.56. The smallest absolute Gasteiger partial charge is 0.242 e. The molecule has 0 fully saturated rings.